The highest BCUT2D eigenvalue weighted by atomic mass is 16.4. The zero-order valence-corrected chi connectivity index (χ0v) is 11.4. The molecule has 1 aliphatic rings. The lowest BCUT2D eigenvalue weighted by Gasteiger charge is -2.13. The lowest BCUT2D eigenvalue weighted by molar-refractivity contribution is -0.120. The van der Waals surface area contributed by atoms with E-state index < -0.39 is 17.9 Å². The highest BCUT2D eigenvalue weighted by molar-refractivity contribution is 5.95. The van der Waals surface area contributed by atoms with Gasteiger partial charge in [-0.1, -0.05) is 37.6 Å². The first-order valence-electron chi connectivity index (χ1n) is 6.68. The Labute approximate surface area is 117 Å². The number of amides is 2. The fraction of sp³-hybridized carbons (Fsp3) is 0.333. The molecule has 1 heterocycles. The molecular weight excluding hydrogens is 256 g/mol. The highest BCUT2D eigenvalue weighted by Crippen LogP contribution is 2.20. The van der Waals surface area contributed by atoms with Gasteiger partial charge < -0.3 is 15.5 Å². The Bertz CT molecular complexity index is 570. The van der Waals surface area contributed by atoms with Crippen molar-refractivity contribution in [3.63, 3.8) is 0 Å². The van der Waals surface area contributed by atoms with Gasteiger partial charge in [-0.05, 0) is 12.5 Å². The second-order valence-electron chi connectivity index (χ2n) is 4.70. The minimum absolute atomic E-state index is 0.206. The van der Waals surface area contributed by atoms with Gasteiger partial charge in [0.25, 0.3) is 5.91 Å². The fourth-order valence-electron chi connectivity index (χ4n) is 2.07. The molecule has 1 atom stereocenters. The molecule has 0 fully saturated rings. The first-order chi connectivity index (χ1) is 9.61. The van der Waals surface area contributed by atoms with Gasteiger partial charge in [0.15, 0.2) is 5.76 Å². The summed E-state index contributed by atoms with van der Waals surface area (Å²) in [5.74, 6) is 0.00687. The first kappa shape index (κ1) is 14.1. The van der Waals surface area contributed by atoms with Crippen molar-refractivity contribution in [3.8, 4) is 0 Å². The van der Waals surface area contributed by atoms with Crippen molar-refractivity contribution in [3.05, 3.63) is 41.4 Å². The summed E-state index contributed by atoms with van der Waals surface area (Å²) >= 11 is 0. The highest BCUT2D eigenvalue weighted by Gasteiger charge is 2.21. The first-order valence-corrected chi connectivity index (χ1v) is 6.68. The number of hydrogen-bond donors (Lipinski definition) is 2. The quantitative estimate of drug-likeness (QED) is 0.858. The summed E-state index contributed by atoms with van der Waals surface area (Å²) in [6, 6.07) is 1.02. The molecule has 3 N–H and O–H groups in total. The summed E-state index contributed by atoms with van der Waals surface area (Å²) in [6.07, 6.45) is 9.59. The minimum Gasteiger partial charge on any atom is -0.455 e. The third-order valence-corrected chi connectivity index (χ3v) is 3.12. The number of fused-ring (bicyclic) bond motifs is 1. The van der Waals surface area contributed by atoms with E-state index >= 15 is 0 Å². The van der Waals surface area contributed by atoms with Gasteiger partial charge in [-0.25, -0.2) is 0 Å². The lowest BCUT2D eigenvalue weighted by Crippen LogP contribution is -2.44. The molecule has 1 unspecified atom stereocenters. The van der Waals surface area contributed by atoms with Crippen LogP contribution in [0.15, 0.2) is 28.7 Å². The normalized spacial score (nSPS) is 14.4. The summed E-state index contributed by atoms with van der Waals surface area (Å²) in [5, 5.41) is 2.61. The molecule has 5 heteroatoms. The standard InChI is InChI=1S/C15H18N2O3/c1-2-6-11(14(16)18)17-15(19)13-9-10-7-4-3-5-8-12(10)20-13/h3-5,7,9,11H,2,6,8H2,1H3,(H2,16,18)(H,17,19). The van der Waals surface area contributed by atoms with Crippen molar-refractivity contribution < 1.29 is 14.0 Å². The maximum Gasteiger partial charge on any atom is 0.287 e. The van der Waals surface area contributed by atoms with Crippen LogP contribution in [0.4, 0.5) is 0 Å². The molecule has 0 bridgehead atoms. The molecule has 0 spiro atoms. The fourth-order valence-corrected chi connectivity index (χ4v) is 2.07. The predicted molar refractivity (Wildman–Crippen MR) is 75.9 cm³/mol. The number of nitrogens with one attached hydrogen (secondary N) is 1. The molecule has 0 aliphatic heterocycles. The van der Waals surface area contributed by atoms with E-state index in [1.807, 2.05) is 31.2 Å². The van der Waals surface area contributed by atoms with Gasteiger partial charge in [-0.3, -0.25) is 9.59 Å². The number of allylic oxidation sites excluding steroid dienone is 3. The summed E-state index contributed by atoms with van der Waals surface area (Å²) in [6.45, 7) is 1.92. The van der Waals surface area contributed by atoms with Crippen LogP contribution < -0.4 is 11.1 Å². The number of nitrogens with two attached hydrogens (primary N) is 1. The number of hydrogen-bond acceptors (Lipinski definition) is 3. The third-order valence-electron chi connectivity index (χ3n) is 3.12. The van der Waals surface area contributed by atoms with Crippen LogP contribution in [0.2, 0.25) is 0 Å². The molecule has 1 aliphatic carbocycles. The maximum atomic E-state index is 12.1. The molecule has 1 aromatic heterocycles. The molecule has 106 valence electrons. The Balaban J connectivity index is 2.12. The van der Waals surface area contributed by atoms with Crippen LogP contribution in [0, 0.1) is 0 Å². The van der Waals surface area contributed by atoms with Crippen molar-refractivity contribution in [2.75, 3.05) is 0 Å². The predicted octanol–water partition coefficient (Wildman–Crippen LogP) is 1.79. The summed E-state index contributed by atoms with van der Waals surface area (Å²) in [7, 11) is 0. The van der Waals surface area contributed by atoms with Crippen molar-refractivity contribution in [2.45, 2.75) is 32.2 Å². The number of primary amides is 1. The van der Waals surface area contributed by atoms with E-state index in [1.54, 1.807) is 6.07 Å². The maximum absolute atomic E-state index is 12.1. The molecule has 0 saturated heterocycles. The molecule has 2 rings (SSSR count). The summed E-state index contributed by atoms with van der Waals surface area (Å²) in [5.41, 5.74) is 6.14. The Morgan fingerprint density at radius 3 is 2.95 bits per heavy atom. The molecule has 0 radical (unpaired) electrons. The Kier molecular flexibility index (Phi) is 4.40. The molecule has 1 aromatic rings. The van der Waals surface area contributed by atoms with Gasteiger partial charge in [-0.2, -0.15) is 0 Å². The van der Waals surface area contributed by atoms with Crippen LogP contribution in [-0.2, 0) is 11.2 Å². The molecule has 5 nitrogen and oxygen atoms in total. The van der Waals surface area contributed by atoms with Crippen LogP contribution in [0.25, 0.3) is 6.08 Å². The van der Waals surface area contributed by atoms with Crippen LogP contribution in [0.5, 0.6) is 0 Å². The van der Waals surface area contributed by atoms with E-state index in [4.69, 9.17) is 10.2 Å². The molecule has 0 saturated carbocycles. The van der Waals surface area contributed by atoms with Gasteiger partial charge >= 0.3 is 0 Å². The van der Waals surface area contributed by atoms with Crippen LogP contribution >= 0.6 is 0 Å². The number of rotatable bonds is 5. The van der Waals surface area contributed by atoms with Crippen molar-refractivity contribution in [1.29, 1.82) is 0 Å². The van der Waals surface area contributed by atoms with Crippen LogP contribution in [-0.4, -0.2) is 17.9 Å². The van der Waals surface area contributed by atoms with E-state index in [0.717, 1.165) is 17.7 Å². The SMILES string of the molecule is CCCC(NC(=O)c1cc2c(o1)CC=CC=C2)C(N)=O. The summed E-state index contributed by atoms with van der Waals surface area (Å²) in [4.78, 5) is 23.3. The summed E-state index contributed by atoms with van der Waals surface area (Å²) < 4.78 is 5.54. The minimum atomic E-state index is -0.659. The Morgan fingerprint density at radius 2 is 2.25 bits per heavy atom. The smallest absolute Gasteiger partial charge is 0.287 e. The van der Waals surface area contributed by atoms with E-state index in [2.05, 4.69) is 5.32 Å². The van der Waals surface area contributed by atoms with Gasteiger partial charge in [0, 0.05) is 12.0 Å². The van der Waals surface area contributed by atoms with Gasteiger partial charge in [-0.15, -0.1) is 0 Å². The monoisotopic (exact) mass is 274 g/mol. The number of carbonyl (C=O) groups excluding carboxylic acids is 2. The van der Waals surface area contributed by atoms with E-state index in [9.17, 15) is 9.59 Å². The second-order valence-corrected chi connectivity index (χ2v) is 4.70. The van der Waals surface area contributed by atoms with Gasteiger partial charge in [0.1, 0.15) is 11.8 Å². The molecular formula is C15H18N2O3. The van der Waals surface area contributed by atoms with Crippen molar-refractivity contribution in [1.82, 2.24) is 5.32 Å². The third kappa shape index (κ3) is 3.17. The molecule has 0 aromatic carbocycles. The van der Waals surface area contributed by atoms with Crippen molar-refractivity contribution in [2.24, 2.45) is 5.73 Å². The zero-order chi connectivity index (χ0) is 14.5. The Morgan fingerprint density at radius 1 is 1.45 bits per heavy atom. The number of carbonyl (C=O) groups is 2. The van der Waals surface area contributed by atoms with E-state index in [-0.39, 0.29) is 5.76 Å². The average Bonchev–Trinajstić information content (AvgIpc) is 2.69. The average molecular weight is 274 g/mol. The second kappa shape index (κ2) is 6.23. The molecule has 2 amide bonds. The zero-order valence-electron chi connectivity index (χ0n) is 11.4. The van der Waals surface area contributed by atoms with Crippen LogP contribution in [0.1, 0.15) is 41.6 Å². The topological polar surface area (TPSA) is 85.3 Å². The van der Waals surface area contributed by atoms with E-state index in [0.29, 0.717) is 12.8 Å². The van der Waals surface area contributed by atoms with Crippen LogP contribution in [0.3, 0.4) is 0 Å². The lowest BCUT2D eigenvalue weighted by atomic mass is 10.1. The van der Waals surface area contributed by atoms with Gasteiger partial charge in [0.2, 0.25) is 5.91 Å². The Hall–Kier alpha value is -2.30. The van der Waals surface area contributed by atoms with Gasteiger partial charge in [0.05, 0.1) is 0 Å². The molecule has 20 heavy (non-hydrogen) atoms. The van der Waals surface area contributed by atoms with Crippen molar-refractivity contribution >= 4 is 17.9 Å². The van der Waals surface area contributed by atoms with E-state index in [1.165, 1.54) is 0 Å². The largest absolute Gasteiger partial charge is 0.455 e. The number of furan rings is 1.